The standard InChI is InChI=1S/C14H19F2NO3S/c1-10(17-8-11-6-7-21(18,19)9-11)12-4-2-3-5-13(12)20-14(15)16/h2-5,10-11,14,17H,6-9H2,1H3. The molecule has 0 spiro atoms. The van der Waals surface area contributed by atoms with Gasteiger partial charge in [-0.1, -0.05) is 18.2 Å². The minimum absolute atomic E-state index is 0.0839. The maximum atomic E-state index is 12.4. The van der Waals surface area contributed by atoms with Gasteiger partial charge in [0.05, 0.1) is 11.5 Å². The Labute approximate surface area is 123 Å². The van der Waals surface area contributed by atoms with Crippen molar-refractivity contribution in [2.45, 2.75) is 26.0 Å². The van der Waals surface area contributed by atoms with Crippen LogP contribution in [-0.4, -0.2) is 33.1 Å². The molecule has 21 heavy (non-hydrogen) atoms. The monoisotopic (exact) mass is 319 g/mol. The van der Waals surface area contributed by atoms with Gasteiger partial charge in [-0.05, 0) is 31.9 Å². The zero-order chi connectivity index (χ0) is 15.5. The molecule has 0 amide bonds. The number of hydrogen-bond donors (Lipinski definition) is 1. The van der Waals surface area contributed by atoms with Gasteiger partial charge in [-0.2, -0.15) is 8.78 Å². The SMILES string of the molecule is CC(NCC1CCS(=O)(=O)C1)c1ccccc1OC(F)F. The largest absolute Gasteiger partial charge is 0.434 e. The van der Waals surface area contributed by atoms with E-state index in [1.54, 1.807) is 18.2 Å². The summed E-state index contributed by atoms with van der Waals surface area (Å²) in [5.41, 5.74) is 0.638. The van der Waals surface area contributed by atoms with Crippen LogP contribution in [0.5, 0.6) is 5.75 Å². The van der Waals surface area contributed by atoms with Crippen molar-refractivity contribution in [2.24, 2.45) is 5.92 Å². The number of benzene rings is 1. The lowest BCUT2D eigenvalue weighted by Gasteiger charge is -2.19. The molecule has 1 aromatic rings. The average Bonchev–Trinajstić information content (AvgIpc) is 2.75. The first-order valence-electron chi connectivity index (χ1n) is 6.85. The highest BCUT2D eigenvalue weighted by atomic mass is 32.2. The summed E-state index contributed by atoms with van der Waals surface area (Å²) in [4.78, 5) is 0. The van der Waals surface area contributed by atoms with E-state index >= 15 is 0 Å². The van der Waals surface area contributed by atoms with Gasteiger partial charge in [-0.15, -0.1) is 0 Å². The number of nitrogens with one attached hydrogen (secondary N) is 1. The van der Waals surface area contributed by atoms with Crippen LogP contribution in [0.4, 0.5) is 8.78 Å². The summed E-state index contributed by atoms with van der Waals surface area (Å²) in [5.74, 6) is 0.660. The van der Waals surface area contributed by atoms with E-state index in [0.29, 0.717) is 18.5 Å². The Hall–Kier alpha value is -1.21. The van der Waals surface area contributed by atoms with E-state index in [1.807, 2.05) is 6.92 Å². The maximum Gasteiger partial charge on any atom is 0.387 e. The molecular formula is C14H19F2NO3S. The van der Waals surface area contributed by atoms with Gasteiger partial charge in [0.1, 0.15) is 5.75 Å². The van der Waals surface area contributed by atoms with Crippen LogP contribution in [0.25, 0.3) is 0 Å². The van der Waals surface area contributed by atoms with Gasteiger partial charge in [0.2, 0.25) is 0 Å². The number of ether oxygens (including phenoxy) is 1. The molecule has 1 heterocycles. The Morgan fingerprint density at radius 3 is 2.71 bits per heavy atom. The molecule has 2 atom stereocenters. The molecule has 0 saturated carbocycles. The molecule has 1 saturated heterocycles. The number of halogens is 2. The molecular weight excluding hydrogens is 300 g/mol. The normalized spacial score (nSPS) is 22.4. The van der Waals surface area contributed by atoms with E-state index in [0.717, 1.165) is 0 Å². The van der Waals surface area contributed by atoms with Crippen LogP contribution in [0.2, 0.25) is 0 Å². The first-order chi connectivity index (χ1) is 9.87. The number of alkyl halides is 2. The Morgan fingerprint density at radius 1 is 1.38 bits per heavy atom. The van der Waals surface area contributed by atoms with Crippen molar-refractivity contribution in [1.29, 1.82) is 0 Å². The van der Waals surface area contributed by atoms with Crippen molar-refractivity contribution in [1.82, 2.24) is 5.32 Å². The molecule has 1 aliphatic rings. The number of sulfone groups is 1. The molecule has 0 aliphatic carbocycles. The van der Waals surface area contributed by atoms with Gasteiger partial charge in [0, 0.05) is 11.6 Å². The molecule has 7 heteroatoms. The summed E-state index contributed by atoms with van der Waals surface area (Å²) in [7, 11) is -2.90. The summed E-state index contributed by atoms with van der Waals surface area (Å²) >= 11 is 0. The molecule has 2 rings (SSSR count). The van der Waals surface area contributed by atoms with Crippen molar-refractivity contribution >= 4 is 9.84 Å². The fraction of sp³-hybridized carbons (Fsp3) is 0.571. The predicted molar refractivity (Wildman–Crippen MR) is 76.3 cm³/mol. The second kappa shape index (κ2) is 6.70. The van der Waals surface area contributed by atoms with E-state index in [4.69, 9.17) is 0 Å². The Morgan fingerprint density at radius 2 is 2.10 bits per heavy atom. The van der Waals surface area contributed by atoms with Crippen LogP contribution in [0, 0.1) is 5.92 Å². The second-order valence-corrected chi connectivity index (χ2v) is 7.54. The molecule has 1 fully saturated rings. The minimum atomic E-state index is -2.90. The number of para-hydroxylation sites is 1. The molecule has 4 nitrogen and oxygen atoms in total. The third kappa shape index (κ3) is 4.64. The lowest BCUT2D eigenvalue weighted by molar-refractivity contribution is -0.0506. The summed E-state index contributed by atoms with van der Waals surface area (Å²) in [6.45, 7) is -0.473. The molecule has 0 bridgehead atoms. The van der Waals surface area contributed by atoms with E-state index in [-0.39, 0.29) is 29.2 Å². The van der Waals surface area contributed by atoms with E-state index in [2.05, 4.69) is 10.1 Å². The highest BCUT2D eigenvalue weighted by molar-refractivity contribution is 7.91. The van der Waals surface area contributed by atoms with Gasteiger partial charge in [0.25, 0.3) is 0 Å². The first kappa shape index (κ1) is 16.2. The van der Waals surface area contributed by atoms with Crippen LogP contribution >= 0.6 is 0 Å². The molecule has 1 aromatic carbocycles. The molecule has 2 unspecified atom stereocenters. The molecule has 118 valence electrons. The molecule has 0 aromatic heterocycles. The van der Waals surface area contributed by atoms with Crippen molar-refractivity contribution in [3.8, 4) is 5.75 Å². The van der Waals surface area contributed by atoms with Crippen LogP contribution in [0.3, 0.4) is 0 Å². The van der Waals surface area contributed by atoms with Crippen LogP contribution < -0.4 is 10.1 Å². The Bertz CT molecular complexity index is 577. The molecule has 1 aliphatic heterocycles. The molecule has 1 N–H and O–H groups in total. The van der Waals surface area contributed by atoms with E-state index in [1.165, 1.54) is 6.07 Å². The number of rotatable bonds is 6. The maximum absolute atomic E-state index is 12.4. The lowest BCUT2D eigenvalue weighted by Crippen LogP contribution is -2.27. The van der Waals surface area contributed by atoms with Gasteiger partial charge >= 0.3 is 6.61 Å². The van der Waals surface area contributed by atoms with Crippen molar-refractivity contribution in [3.05, 3.63) is 29.8 Å². The quantitative estimate of drug-likeness (QED) is 0.874. The van der Waals surface area contributed by atoms with Gasteiger partial charge in [-0.3, -0.25) is 0 Å². The highest BCUT2D eigenvalue weighted by Gasteiger charge is 2.28. The fourth-order valence-electron chi connectivity index (χ4n) is 2.53. The summed E-state index contributed by atoms with van der Waals surface area (Å²) in [5, 5.41) is 3.20. The smallest absolute Gasteiger partial charge is 0.387 e. The van der Waals surface area contributed by atoms with Gasteiger partial charge in [0.15, 0.2) is 9.84 Å². The zero-order valence-corrected chi connectivity index (χ0v) is 12.6. The van der Waals surface area contributed by atoms with Crippen molar-refractivity contribution in [3.63, 3.8) is 0 Å². The summed E-state index contributed by atoms with van der Waals surface area (Å²) < 4.78 is 52.0. The van der Waals surface area contributed by atoms with Crippen LogP contribution in [0.1, 0.15) is 24.9 Å². The Balaban J connectivity index is 1.96. The van der Waals surface area contributed by atoms with Crippen molar-refractivity contribution in [2.75, 3.05) is 18.1 Å². The third-order valence-corrected chi connectivity index (χ3v) is 5.48. The second-order valence-electron chi connectivity index (χ2n) is 5.32. The summed E-state index contributed by atoms with van der Waals surface area (Å²) in [6, 6.07) is 6.42. The van der Waals surface area contributed by atoms with Crippen LogP contribution in [0.15, 0.2) is 24.3 Å². The average molecular weight is 319 g/mol. The number of hydrogen-bond acceptors (Lipinski definition) is 4. The topological polar surface area (TPSA) is 55.4 Å². The lowest BCUT2D eigenvalue weighted by atomic mass is 10.1. The Kier molecular flexibility index (Phi) is 5.16. The zero-order valence-electron chi connectivity index (χ0n) is 11.8. The van der Waals surface area contributed by atoms with E-state index < -0.39 is 16.4 Å². The van der Waals surface area contributed by atoms with Gasteiger partial charge < -0.3 is 10.1 Å². The fourth-order valence-corrected chi connectivity index (χ4v) is 4.39. The first-order valence-corrected chi connectivity index (χ1v) is 8.67. The summed E-state index contributed by atoms with van der Waals surface area (Å²) in [6.07, 6.45) is 0.650. The van der Waals surface area contributed by atoms with Gasteiger partial charge in [-0.25, -0.2) is 8.42 Å². The van der Waals surface area contributed by atoms with E-state index in [9.17, 15) is 17.2 Å². The highest BCUT2D eigenvalue weighted by Crippen LogP contribution is 2.27. The third-order valence-electron chi connectivity index (χ3n) is 3.64. The van der Waals surface area contributed by atoms with Crippen LogP contribution in [-0.2, 0) is 9.84 Å². The minimum Gasteiger partial charge on any atom is -0.434 e. The molecule has 0 radical (unpaired) electrons. The van der Waals surface area contributed by atoms with Crippen molar-refractivity contribution < 1.29 is 21.9 Å². The predicted octanol–water partition coefficient (Wildman–Crippen LogP) is 2.37.